The fourth-order valence-corrected chi connectivity index (χ4v) is 1.20. The summed E-state index contributed by atoms with van der Waals surface area (Å²) in [5.74, 6) is -1.11. The fourth-order valence-electron chi connectivity index (χ4n) is 1.20. The van der Waals surface area contributed by atoms with E-state index in [2.05, 4.69) is 4.98 Å². The molecular formula is C8H7N3O3. The number of rotatable bonds is 1. The molecule has 0 amide bonds. The maximum Gasteiger partial charge on any atom is 0.356 e. The van der Waals surface area contributed by atoms with Crippen molar-refractivity contribution in [1.29, 1.82) is 0 Å². The van der Waals surface area contributed by atoms with Crippen molar-refractivity contribution in [2.75, 3.05) is 0 Å². The largest absolute Gasteiger partial charge is 0.476 e. The second kappa shape index (κ2) is 2.69. The molecule has 0 radical (unpaired) electrons. The van der Waals surface area contributed by atoms with Crippen molar-refractivity contribution in [3.8, 4) is 0 Å². The summed E-state index contributed by atoms with van der Waals surface area (Å²) in [4.78, 5) is 25.6. The average Bonchev–Trinajstić information content (AvgIpc) is 2.56. The summed E-state index contributed by atoms with van der Waals surface area (Å²) in [6, 6.07) is 2.82. The van der Waals surface area contributed by atoms with Crippen LogP contribution < -0.4 is 5.56 Å². The molecule has 2 aromatic rings. The number of aromatic carboxylic acids is 1. The van der Waals surface area contributed by atoms with Crippen LogP contribution in [0.3, 0.4) is 0 Å². The highest BCUT2D eigenvalue weighted by atomic mass is 16.4. The zero-order valence-corrected chi connectivity index (χ0v) is 7.34. The normalized spacial score (nSPS) is 10.6. The van der Waals surface area contributed by atoms with Crippen molar-refractivity contribution in [3.63, 3.8) is 0 Å². The standard InChI is InChI=1S/C8H7N3O3/c1-10-7(12)3-2-6-9-5(8(13)14)4-11(6)10/h2-4H,1H3,(H,13,14). The van der Waals surface area contributed by atoms with Gasteiger partial charge in [-0.05, 0) is 6.07 Å². The molecule has 2 rings (SSSR count). The molecule has 72 valence electrons. The predicted molar refractivity (Wildman–Crippen MR) is 47.4 cm³/mol. The molecule has 0 bridgehead atoms. The van der Waals surface area contributed by atoms with Crippen LogP contribution in [0.15, 0.2) is 23.1 Å². The van der Waals surface area contributed by atoms with E-state index in [-0.39, 0.29) is 11.3 Å². The van der Waals surface area contributed by atoms with E-state index in [0.717, 1.165) is 0 Å². The second-order valence-corrected chi connectivity index (χ2v) is 2.83. The first kappa shape index (κ1) is 8.49. The van der Waals surface area contributed by atoms with Crippen LogP contribution in [0.2, 0.25) is 0 Å². The quantitative estimate of drug-likeness (QED) is 0.676. The molecule has 6 heteroatoms. The van der Waals surface area contributed by atoms with Gasteiger partial charge in [-0.1, -0.05) is 0 Å². The monoisotopic (exact) mass is 193 g/mol. The van der Waals surface area contributed by atoms with E-state index in [1.807, 2.05) is 0 Å². The molecule has 0 aliphatic heterocycles. The van der Waals surface area contributed by atoms with Gasteiger partial charge < -0.3 is 5.11 Å². The van der Waals surface area contributed by atoms with Crippen LogP contribution in [0.5, 0.6) is 0 Å². The Kier molecular flexibility index (Phi) is 1.63. The fraction of sp³-hybridized carbons (Fsp3) is 0.125. The van der Waals surface area contributed by atoms with Crippen LogP contribution in [-0.4, -0.2) is 25.3 Å². The van der Waals surface area contributed by atoms with Gasteiger partial charge >= 0.3 is 5.97 Å². The number of aromatic nitrogens is 3. The lowest BCUT2D eigenvalue weighted by atomic mass is 10.5. The van der Waals surface area contributed by atoms with Crippen LogP contribution >= 0.6 is 0 Å². The molecule has 2 aromatic heterocycles. The smallest absolute Gasteiger partial charge is 0.356 e. The van der Waals surface area contributed by atoms with Gasteiger partial charge in [0.25, 0.3) is 5.56 Å². The van der Waals surface area contributed by atoms with E-state index in [0.29, 0.717) is 5.65 Å². The van der Waals surface area contributed by atoms with Crippen LogP contribution in [-0.2, 0) is 7.05 Å². The van der Waals surface area contributed by atoms with Gasteiger partial charge in [-0.25, -0.2) is 19.0 Å². The molecule has 2 heterocycles. The van der Waals surface area contributed by atoms with Gasteiger partial charge in [-0.2, -0.15) is 0 Å². The summed E-state index contributed by atoms with van der Waals surface area (Å²) in [6.45, 7) is 0. The minimum Gasteiger partial charge on any atom is -0.476 e. The maximum absolute atomic E-state index is 11.2. The molecule has 0 spiro atoms. The molecular weight excluding hydrogens is 186 g/mol. The molecule has 0 aromatic carbocycles. The molecule has 0 atom stereocenters. The van der Waals surface area contributed by atoms with Gasteiger partial charge in [0, 0.05) is 13.1 Å². The Hall–Kier alpha value is -2.11. The molecule has 1 N–H and O–H groups in total. The second-order valence-electron chi connectivity index (χ2n) is 2.83. The van der Waals surface area contributed by atoms with Crippen molar-refractivity contribution in [3.05, 3.63) is 34.4 Å². The van der Waals surface area contributed by atoms with E-state index in [9.17, 15) is 9.59 Å². The van der Waals surface area contributed by atoms with Gasteiger partial charge in [0.15, 0.2) is 11.3 Å². The van der Waals surface area contributed by atoms with E-state index < -0.39 is 5.97 Å². The van der Waals surface area contributed by atoms with Crippen molar-refractivity contribution >= 4 is 11.6 Å². The first-order valence-electron chi connectivity index (χ1n) is 3.88. The van der Waals surface area contributed by atoms with Gasteiger partial charge in [0.1, 0.15) is 0 Å². The first-order chi connectivity index (χ1) is 6.59. The Bertz CT molecular complexity index is 567. The number of carbonyl (C=O) groups is 1. The topological polar surface area (TPSA) is 76.6 Å². The van der Waals surface area contributed by atoms with Crippen molar-refractivity contribution in [1.82, 2.24) is 14.2 Å². The molecule has 0 saturated heterocycles. The van der Waals surface area contributed by atoms with E-state index >= 15 is 0 Å². The number of nitrogens with zero attached hydrogens (tertiary/aromatic N) is 3. The lowest BCUT2D eigenvalue weighted by Crippen LogP contribution is -2.20. The predicted octanol–water partition coefficient (Wildman–Crippen LogP) is -0.269. The Labute approximate surface area is 78.0 Å². The van der Waals surface area contributed by atoms with Crippen LogP contribution in [0.25, 0.3) is 5.65 Å². The molecule has 0 fully saturated rings. The van der Waals surface area contributed by atoms with Gasteiger partial charge in [-0.15, -0.1) is 0 Å². The summed E-state index contributed by atoms with van der Waals surface area (Å²) in [6.07, 6.45) is 1.30. The SMILES string of the molecule is Cn1c(=O)ccc2nc(C(=O)O)cn21. The van der Waals surface area contributed by atoms with Crippen LogP contribution in [0, 0.1) is 0 Å². The highest BCUT2D eigenvalue weighted by Gasteiger charge is 2.09. The Morgan fingerprint density at radius 1 is 1.50 bits per heavy atom. The molecule has 0 aliphatic rings. The average molecular weight is 193 g/mol. The van der Waals surface area contributed by atoms with Crippen molar-refractivity contribution < 1.29 is 9.90 Å². The van der Waals surface area contributed by atoms with Crippen LogP contribution in [0.4, 0.5) is 0 Å². The number of hydrogen-bond donors (Lipinski definition) is 1. The van der Waals surface area contributed by atoms with Gasteiger partial charge in [0.2, 0.25) is 0 Å². The zero-order chi connectivity index (χ0) is 10.3. The number of carboxylic acid groups (broad SMARTS) is 1. The van der Waals surface area contributed by atoms with E-state index in [1.165, 1.54) is 27.5 Å². The Balaban J connectivity index is 2.84. The third-order valence-corrected chi connectivity index (χ3v) is 1.95. The number of aryl methyl sites for hydroxylation is 1. The Morgan fingerprint density at radius 3 is 2.86 bits per heavy atom. The lowest BCUT2D eigenvalue weighted by Gasteiger charge is -1.99. The summed E-state index contributed by atoms with van der Waals surface area (Å²) in [7, 11) is 1.54. The minimum absolute atomic E-state index is 0.0776. The highest BCUT2D eigenvalue weighted by molar-refractivity contribution is 5.85. The molecule has 0 aliphatic carbocycles. The summed E-state index contributed by atoms with van der Waals surface area (Å²) < 4.78 is 2.68. The number of carboxylic acids is 1. The van der Waals surface area contributed by atoms with Gasteiger partial charge in [0.05, 0.1) is 6.20 Å². The summed E-state index contributed by atoms with van der Waals surface area (Å²) >= 11 is 0. The molecule has 0 unspecified atom stereocenters. The summed E-state index contributed by atoms with van der Waals surface area (Å²) in [5, 5.41) is 8.68. The first-order valence-corrected chi connectivity index (χ1v) is 3.88. The minimum atomic E-state index is -1.11. The third-order valence-electron chi connectivity index (χ3n) is 1.95. The van der Waals surface area contributed by atoms with E-state index in [1.54, 1.807) is 7.05 Å². The van der Waals surface area contributed by atoms with Gasteiger partial charge in [-0.3, -0.25) is 4.79 Å². The molecule has 0 saturated carbocycles. The molecule has 14 heavy (non-hydrogen) atoms. The number of imidazole rings is 1. The molecule has 6 nitrogen and oxygen atoms in total. The van der Waals surface area contributed by atoms with Crippen molar-refractivity contribution in [2.24, 2.45) is 7.05 Å². The highest BCUT2D eigenvalue weighted by Crippen LogP contribution is 2.01. The Morgan fingerprint density at radius 2 is 2.21 bits per heavy atom. The number of fused-ring (bicyclic) bond motifs is 1. The zero-order valence-electron chi connectivity index (χ0n) is 7.34. The maximum atomic E-state index is 11.2. The summed E-state index contributed by atoms with van der Waals surface area (Å²) in [5.41, 5.74) is 0.141. The lowest BCUT2D eigenvalue weighted by molar-refractivity contribution is 0.0691. The number of hydrogen-bond acceptors (Lipinski definition) is 3. The van der Waals surface area contributed by atoms with Crippen molar-refractivity contribution in [2.45, 2.75) is 0 Å². The third kappa shape index (κ3) is 1.08. The van der Waals surface area contributed by atoms with E-state index in [4.69, 9.17) is 5.11 Å². The van der Waals surface area contributed by atoms with Crippen LogP contribution in [0.1, 0.15) is 10.5 Å².